The smallest absolute Gasteiger partial charge is 0.243 e. The number of amides is 1. The van der Waals surface area contributed by atoms with Gasteiger partial charge in [0.05, 0.1) is 10.6 Å². The van der Waals surface area contributed by atoms with Crippen LogP contribution < -0.4 is 5.32 Å². The highest BCUT2D eigenvalue weighted by Gasteiger charge is 2.25. The zero-order chi connectivity index (χ0) is 23.3. The van der Waals surface area contributed by atoms with Crippen molar-refractivity contribution in [1.82, 2.24) is 24.4 Å². The lowest BCUT2D eigenvalue weighted by molar-refractivity contribution is -0.118. The zero-order valence-electron chi connectivity index (χ0n) is 18.5. The first-order chi connectivity index (χ1) is 15.9. The molecule has 1 amide bonds. The topological polar surface area (TPSA) is 97.2 Å². The van der Waals surface area contributed by atoms with E-state index in [1.54, 1.807) is 34.9 Å². The molecule has 3 aromatic rings. The number of piperidine rings is 1. The van der Waals surface area contributed by atoms with Gasteiger partial charge in [-0.1, -0.05) is 48.0 Å². The number of aromatic nitrogens is 3. The fourth-order valence-corrected chi connectivity index (χ4v) is 5.90. The Hall–Kier alpha value is -2.69. The van der Waals surface area contributed by atoms with E-state index in [1.807, 2.05) is 35.8 Å². The fourth-order valence-electron chi connectivity index (χ4n) is 3.62. The summed E-state index contributed by atoms with van der Waals surface area (Å²) >= 11 is 1.31. The molecule has 1 saturated heterocycles. The van der Waals surface area contributed by atoms with Crippen molar-refractivity contribution < 1.29 is 13.2 Å². The number of carbonyl (C=O) groups excluding carboxylic acids is 1. The number of aryl methyl sites for hydroxylation is 1. The molecule has 0 unspecified atom stereocenters. The summed E-state index contributed by atoms with van der Waals surface area (Å²) < 4.78 is 28.9. The summed E-state index contributed by atoms with van der Waals surface area (Å²) in [7, 11) is -3.45. The number of sulfonamides is 1. The molecule has 0 atom stereocenters. The Bertz CT molecular complexity index is 1190. The van der Waals surface area contributed by atoms with Crippen LogP contribution in [0.15, 0.2) is 64.9 Å². The van der Waals surface area contributed by atoms with Crippen molar-refractivity contribution in [3.8, 4) is 5.69 Å². The Morgan fingerprint density at radius 1 is 1.03 bits per heavy atom. The van der Waals surface area contributed by atoms with Crippen molar-refractivity contribution >= 4 is 27.7 Å². The first-order valence-electron chi connectivity index (χ1n) is 10.9. The van der Waals surface area contributed by atoms with Gasteiger partial charge in [0.2, 0.25) is 15.9 Å². The van der Waals surface area contributed by atoms with E-state index in [4.69, 9.17) is 0 Å². The van der Waals surface area contributed by atoms with E-state index in [-0.39, 0.29) is 11.7 Å². The monoisotopic (exact) mass is 485 g/mol. The minimum absolute atomic E-state index is 0.136. The molecule has 0 aliphatic carbocycles. The van der Waals surface area contributed by atoms with Crippen molar-refractivity contribution in [2.75, 3.05) is 18.8 Å². The van der Waals surface area contributed by atoms with Crippen LogP contribution in [0.3, 0.4) is 0 Å². The average molecular weight is 486 g/mol. The third kappa shape index (κ3) is 5.82. The Balaban J connectivity index is 1.29. The lowest BCUT2D eigenvalue weighted by atomic mass is 10.2. The number of carbonyl (C=O) groups is 1. The van der Waals surface area contributed by atoms with Gasteiger partial charge in [-0.05, 0) is 49.6 Å². The summed E-state index contributed by atoms with van der Waals surface area (Å²) in [4.78, 5) is 12.6. The SMILES string of the molecule is Cc1ccc(-n2cnnc2SCC(=O)NCc2ccc(S(=O)(=O)N3CCCCC3)cc2)cc1. The number of rotatable bonds is 8. The average Bonchev–Trinajstić information content (AvgIpc) is 3.31. The Kier molecular flexibility index (Phi) is 7.46. The number of hydrogen-bond donors (Lipinski definition) is 1. The summed E-state index contributed by atoms with van der Waals surface area (Å²) in [5.74, 6) is 0.0647. The third-order valence-electron chi connectivity index (χ3n) is 5.53. The van der Waals surface area contributed by atoms with Crippen LogP contribution >= 0.6 is 11.8 Å². The molecular weight excluding hydrogens is 458 g/mol. The van der Waals surface area contributed by atoms with Crippen molar-refractivity contribution in [2.45, 2.75) is 42.8 Å². The maximum absolute atomic E-state index is 12.7. The van der Waals surface area contributed by atoms with E-state index in [0.29, 0.717) is 29.7 Å². The standard InChI is InChI=1S/C23H27N5O3S2/c1-18-5-9-20(10-6-18)28-17-25-26-23(28)32-16-22(29)24-15-19-7-11-21(12-8-19)33(30,31)27-13-3-2-4-14-27/h5-12,17H,2-4,13-16H2,1H3,(H,24,29). The van der Waals surface area contributed by atoms with Gasteiger partial charge >= 0.3 is 0 Å². The van der Waals surface area contributed by atoms with Crippen LogP contribution in [-0.4, -0.2) is 52.2 Å². The quantitative estimate of drug-likeness (QED) is 0.492. The van der Waals surface area contributed by atoms with Gasteiger partial charge in [0.15, 0.2) is 5.16 Å². The van der Waals surface area contributed by atoms with Crippen molar-refractivity contribution in [1.29, 1.82) is 0 Å². The van der Waals surface area contributed by atoms with Crippen LogP contribution in [0.1, 0.15) is 30.4 Å². The maximum Gasteiger partial charge on any atom is 0.243 e. The van der Waals surface area contributed by atoms with E-state index in [9.17, 15) is 13.2 Å². The van der Waals surface area contributed by atoms with Gasteiger partial charge in [-0.15, -0.1) is 10.2 Å². The molecule has 1 aliphatic rings. The molecular formula is C23H27N5O3S2. The van der Waals surface area contributed by atoms with E-state index in [1.165, 1.54) is 11.8 Å². The molecule has 0 bridgehead atoms. The van der Waals surface area contributed by atoms with Crippen LogP contribution in [-0.2, 0) is 21.4 Å². The normalized spacial score (nSPS) is 14.8. The fraction of sp³-hybridized carbons (Fsp3) is 0.348. The summed E-state index contributed by atoms with van der Waals surface area (Å²) in [5.41, 5.74) is 2.94. The maximum atomic E-state index is 12.7. The second-order valence-electron chi connectivity index (χ2n) is 7.99. The molecule has 10 heteroatoms. The van der Waals surface area contributed by atoms with E-state index < -0.39 is 10.0 Å². The molecule has 2 aromatic carbocycles. The van der Waals surface area contributed by atoms with Crippen LogP contribution in [0.2, 0.25) is 0 Å². The first kappa shape index (κ1) is 23.5. The van der Waals surface area contributed by atoms with Gasteiger partial charge in [-0.2, -0.15) is 4.31 Å². The van der Waals surface area contributed by atoms with Gasteiger partial charge in [0.25, 0.3) is 0 Å². The van der Waals surface area contributed by atoms with Crippen LogP contribution in [0, 0.1) is 6.92 Å². The summed E-state index contributed by atoms with van der Waals surface area (Å²) in [5, 5.41) is 11.6. The Morgan fingerprint density at radius 3 is 2.42 bits per heavy atom. The van der Waals surface area contributed by atoms with Gasteiger partial charge < -0.3 is 5.32 Å². The molecule has 0 saturated carbocycles. The molecule has 8 nitrogen and oxygen atoms in total. The summed E-state index contributed by atoms with van der Waals surface area (Å²) in [6.45, 7) is 3.51. The minimum Gasteiger partial charge on any atom is -0.351 e. The minimum atomic E-state index is -3.45. The van der Waals surface area contributed by atoms with Crippen molar-refractivity contribution in [2.24, 2.45) is 0 Å². The Morgan fingerprint density at radius 2 is 1.73 bits per heavy atom. The van der Waals surface area contributed by atoms with Crippen LogP contribution in [0.5, 0.6) is 0 Å². The van der Waals surface area contributed by atoms with Crippen molar-refractivity contribution in [3.05, 3.63) is 66.0 Å². The predicted octanol–water partition coefficient (Wildman–Crippen LogP) is 3.16. The predicted molar refractivity (Wildman–Crippen MR) is 128 cm³/mol. The lowest BCUT2D eigenvalue weighted by Gasteiger charge is -2.25. The molecule has 2 heterocycles. The van der Waals surface area contributed by atoms with Crippen LogP contribution in [0.25, 0.3) is 5.69 Å². The molecule has 1 fully saturated rings. The number of nitrogens with zero attached hydrogens (tertiary/aromatic N) is 4. The van der Waals surface area contributed by atoms with E-state index >= 15 is 0 Å². The van der Waals surface area contributed by atoms with E-state index in [2.05, 4.69) is 15.5 Å². The molecule has 174 valence electrons. The highest BCUT2D eigenvalue weighted by molar-refractivity contribution is 7.99. The summed E-state index contributed by atoms with van der Waals surface area (Å²) in [6, 6.07) is 14.7. The van der Waals surface area contributed by atoms with Crippen molar-refractivity contribution in [3.63, 3.8) is 0 Å². The molecule has 4 rings (SSSR count). The number of nitrogens with one attached hydrogen (secondary N) is 1. The molecule has 0 radical (unpaired) electrons. The highest BCUT2D eigenvalue weighted by Crippen LogP contribution is 2.21. The molecule has 1 aliphatic heterocycles. The zero-order valence-corrected chi connectivity index (χ0v) is 20.1. The summed E-state index contributed by atoms with van der Waals surface area (Å²) in [6.07, 6.45) is 4.52. The Labute approximate surface area is 198 Å². The third-order valence-corrected chi connectivity index (χ3v) is 8.38. The molecule has 1 N–H and O–H groups in total. The largest absolute Gasteiger partial charge is 0.351 e. The van der Waals surface area contributed by atoms with Gasteiger partial charge in [0.1, 0.15) is 6.33 Å². The number of benzene rings is 2. The van der Waals surface area contributed by atoms with Crippen LogP contribution in [0.4, 0.5) is 0 Å². The molecule has 33 heavy (non-hydrogen) atoms. The van der Waals surface area contributed by atoms with Gasteiger partial charge in [0, 0.05) is 25.3 Å². The molecule has 1 aromatic heterocycles. The number of thioether (sulfide) groups is 1. The second kappa shape index (κ2) is 10.5. The number of hydrogen-bond acceptors (Lipinski definition) is 6. The highest BCUT2D eigenvalue weighted by atomic mass is 32.2. The van der Waals surface area contributed by atoms with E-state index in [0.717, 1.165) is 36.1 Å². The van der Waals surface area contributed by atoms with Gasteiger partial charge in [-0.25, -0.2) is 8.42 Å². The first-order valence-corrected chi connectivity index (χ1v) is 13.3. The second-order valence-corrected chi connectivity index (χ2v) is 10.9. The molecule has 0 spiro atoms. The lowest BCUT2D eigenvalue weighted by Crippen LogP contribution is -2.35. The van der Waals surface area contributed by atoms with Gasteiger partial charge in [-0.3, -0.25) is 9.36 Å².